The van der Waals surface area contributed by atoms with Crippen molar-refractivity contribution in [1.82, 2.24) is 4.90 Å². The number of amides is 1. The summed E-state index contributed by atoms with van der Waals surface area (Å²) in [5, 5.41) is 0.690. The zero-order valence-corrected chi connectivity index (χ0v) is 23.2. The number of methoxy groups -OCH3 is 1. The van der Waals surface area contributed by atoms with Crippen LogP contribution in [0.4, 0.5) is 5.69 Å². The third-order valence-corrected chi connectivity index (χ3v) is 7.60. The lowest BCUT2D eigenvalue weighted by molar-refractivity contribution is -0.123. The number of hydrogen-bond donors (Lipinski definition) is 0. The number of amidine groups is 1. The molecule has 7 heteroatoms. The second kappa shape index (κ2) is 11.8. The second-order valence-corrected chi connectivity index (χ2v) is 10.4. The first-order chi connectivity index (χ1) is 17.4. The molecule has 4 rings (SSSR count). The number of nitrogens with zero attached hydrogens (tertiary/aromatic N) is 2. The number of carbonyl (C=O) groups is 1. The van der Waals surface area contributed by atoms with Crippen LogP contribution in [0.2, 0.25) is 0 Å². The molecular weight excluding hydrogens is 536 g/mol. The van der Waals surface area contributed by atoms with Gasteiger partial charge in [0.1, 0.15) is 6.61 Å². The molecule has 1 aliphatic heterocycles. The molecule has 0 aromatic heterocycles. The molecule has 186 valence electrons. The van der Waals surface area contributed by atoms with Gasteiger partial charge in [-0.3, -0.25) is 9.69 Å². The Morgan fingerprint density at radius 3 is 2.47 bits per heavy atom. The van der Waals surface area contributed by atoms with E-state index in [-0.39, 0.29) is 11.9 Å². The van der Waals surface area contributed by atoms with Crippen LogP contribution in [-0.4, -0.2) is 29.1 Å². The zero-order valence-electron chi connectivity index (χ0n) is 20.8. The van der Waals surface area contributed by atoms with Crippen molar-refractivity contribution < 1.29 is 14.3 Å². The smallest absolute Gasteiger partial charge is 0.267 e. The number of halogens is 1. The van der Waals surface area contributed by atoms with Crippen LogP contribution in [0.15, 0.2) is 81.1 Å². The van der Waals surface area contributed by atoms with E-state index in [9.17, 15) is 4.79 Å². The Kier molecular flexibility index (Phi) is 8.54. The summed E-state index contributed by atoms with van der Waals surface area (Å²) in [5.41, 5.74) is 3.90. The molecule has 3 aromatic rings. The largest absolute Gasteiger partial charge is 0.493 e. The monoisotopic (exact) mass is 564 g/mol. The number of thioether (sulfide) groups is 1. The van der Waals surface area contributed by atoms with E-state index in [0.717, 1.165) is 27.7 Å². The van der Waals surface area contributed by atoms with E-state index in [4.69, 9.17) is 14.5 Å². The highest BCUT2D eigenvalue weighted by molar-refractivity contribution is 9.10. The SMILES string of the molecule is CC[C@@H](C)N1C(=O)/C(=C\c2cc(OC)c(OCc3ccccc3)cc2Br)SC1=Nc1ccc(C)cc1. The van der Waals surface area contributed by atoms with Crippen LogP contribution < -0.4 is 9.47 Å². The average Bonchev–Trinajstić information content (AvgIpc) is 3.19. The fraction of sp³-hybridized carbons (Fsp3) is 0.241. The first kappa shape index (κ1) is 26.0. The number of benzene rings is 3. The number of ether oxygens (including phenoxy) is 2. The minimum atomic E-state index is -0.0458. The third kappa shape index (κ3) is 6.02. The van der Waals surface area contributed by atoms with E-state index in [2.05, 4.69) is 22.9 Å². The van der Waals surface area contributed by atoms with Crippen LogP contribution >= 0.6 is 27.7 Å². The summed E-state index contributed by atoms with van der Waals surface area (Å²) in [6.45, 7) is 6.59. The Morgan fingerprint density at radius 1 is 1.08 bits per heavy atom. The zero-order chi connectivity index (χ0) is 25.7. The van der Waals surface area contributed by atoms with Crippen molar-refractivity contribution in [3.05, 3.63) is 92.8 Å². The van der Waals surface area contributed by atoms with E-state index in [1.54, 1.807) is 12.0 Å². The average molecular weight is 566 g/mol. The van der Waals surface area contributed by atoms with Gasteiger partial charge in [0, 0.05) is 10.5 Å². The van der Waals surface area contributed by atoms with Crippen molar-refractivity contribution in [1.29, 1.82) is 0 Å². The van der Waals surface area contributed by atoms with Crippen molar-refractivity contribution in [2.24, 2.45) is 4.99 Å². The van der Waals surface area contributed by atoms with Crippen LogP contribution in [0.5, 0.6) is 11.5 Å². The summed E-state index contributed by atoms with van der Waals surface area (Å²) in [6.07, 6.45) is 2.71. The lowest BCUT2D eigenvalue weighted by Gasteiger charge is -2.22. The van der Waals surface area contributed by atoms with Crippen LogP contribution in [0.3, 0.4) is 0 Å². The number of rotatable bonds is 8. The van der Waals surface area contributed by atoms with Crippen LogP contribution in [0, 0.1) is 6.92 Å². The van der Waals surface area contributed by atoms with Crippen molar-refractivity contribution >= 4 is 50.5 Å². The van der Waals surface area contributed by atoms with E-state index in [1.807, 2.05) is 86.7 Å². The molecule has 1 saturated heterocycles. The van der Waals surface area contributed by atoms with Gasteiger partial charge in [0.05, 0.1) is 17.7 Å². The maximum Gasteiger partial charge on any atom is 0.267 e. The summed E-state index contributed by atoms with van der Waals surface area (Å²) in [7, 11) is 1.61. The number of aryl methyl sites for hydroxylation is 1. The summed E-state index contributed by atoms with van der Waals surface area (Å²) in [6, 6.07) is 21.8. The molecule has 3 aromatic carbocycles. The standard InChI is InChI=1S/C29H29BrN2O3S/c1-5-20(3)32-28(33)27(36-29(32)31-23-13-11-19(2)12-14-23)16-22-15-25(34-4)26(17-24(22)30)35-18-21-9-7-6-8-10-21/h6-17,20H,5,18H2,1-4H3/b27-16+,31-29?/t20-/m1/s1. The highest BCUT2D eigenvalue weighted by Gasteiger charge is 2.36. The summed E-state index contributed by atoms with van der Waals surface area (Å²) < 4.78 is 12.4. The minimum Gasteiger partial charge on any atom is -0.493 e. The molecule has 0 radical (unpaired) electrons. The molecule has 0 unspecified atom stereocenters. The van der Waals surface area contributed by atoms with Crippen LogP contribution in [0.25, 0.3) is 6.08 Å². The van der Waals surface area contributed by atoms with E-state index >= 15 is 0 Å². The van der Waals surface area contributed by atoms with Gasteiger partial charge >= 0.3 is 0 Å². The lowest BCUT2D eigenvalue weighted by Crippen LogP contribution is -2.36. The second-order valence-electron chi connectivity index (χ2n) is 8.57. The van der Waals surface area contributed by atoms with E-state index < -0.39 is 0 Å². The molecule has 1 atom stereocenters. The minimum absolute atomic E-state index is 0.0341. The Bertz CT molecular complexity index is 1290. The van der Waals surface area contributed by atoms with Crippen LogP contribution in [0.1, 0.15) is 37.0 Å². The maximum absolute atomic E-state index is 13.4. The Labute approximate surface area is 225 Å². The fourth-order valence-corrected chi connectivity index (χ4v) is 5.19. The maximum atomic E-state index is 13.4. The number of carbonyl (C=O) groups excluding carboxylic acids is 1. The third-order valence-electron chi connectivity index (χ3n) is 5.93. The number of aliphatic imine (C=N–C) groups is 1. The highest BCUT2D eigenvalue weighted by atomic mass is 79.9. The molecule has 0 N–H and O–H groups in total. The Balaban J connectivity index is 1.63. The van der Waals surface area contributed by atoms with Gasteiger partial charge in [0.15, 0.2) is 16.7 Å². The molecule has 1 heterocycles. The van der Waals surface area contributed by atoms with E-state index in [1.165, 1.54) is 17.3 Å². The molecule has 1 fully saturated rings. The fourth-order valence-electron chi connectivity index (χ4n) is 3.68. The molecule has 36 heavy (non-hydrogen) atoms. The van der Waals surface area contributed by atoms with Gasteiger partial charge in [-0.25, -0.2) is 4.99 Å². The molecule has 0 spiro atoms. The summed E-state index contributed by atoms with van der Waals surface area (Å²) in [5.74, 6) is 1.18. The normalized spacial score (nSPS) is 16.6. The lowest BCUT2D eigenvalue weighted by atomic mass is 10.1. The van der Waals surface area contributed by atoms with Crippen molar-refractivity contribution in [2.45, 2.75) is 39.8 Å². The van der Waals surface area contributed by atoms with Gasteiger partial charge in [-0.05, 0) is 73.5 Å². The van der Waals surface area contributed by atoms with Gasteiger partial charge in [0.25, 0.3) is 5.91 Å². The predicted molar refractivity (Wildman–Crippen MR) is 152 cm³/mol. The molecule has 1 aliphatic rings. The van der Waals surface area contributed by atoms with Crippen molar-refractivity contribution in [3.8, 4) is 11.5 Å². The number of hydrogen-bond acceptors (Lipinski definition) is 5. The summed E-state index contributed by atoms with van der Waals surface area (Å²) >= 11 is 5.05. The van der Waals surface area contributed by atoms with Gasteiger partial charge in [-0.2, -0.15) is 0 Å². The van der Waals surface area contributed by atoms with Crippen molar-refractivity contribution in [3.63, 3.8) is 0 Å². The molecular formula is C29H29BrN2O3S. The molecule has 0 bridgehead atoms. The van der Waals surface area contributed by atoms with Gasteiger partial charge in [0.2, 0.25) is 0 Å². The van der Waals surface area contributed by atoms with Crippen molar-refractivity contribution in [2.75, 3.05) is 7.11 Å². The van der Waals surface area contributed by atoms with Gasteiger partial charge < -0.3 is 9.47 Å². The molecule has 0 aliphatic carbocycles. The van der Waals surface area contributed by atoms with E-state index in [0.29, 0.717) is 28.2 Å². The first-order valence-electron chi connectivity index (χ1n) is 11.8. The molecule has 5 nitrogen and oxygen atoms in total. The Morgan fingerprint density at radius 2 is 1.81 bits per heavy atom. The van der Waals surface area contributed by atoms with Crippen LogP contribution in [-0.2, 0) is 11.4 Å². The van der Waals surface area contributed by atoms with Gasteiger partial charge in [-0.1, -0.05) is 70.9 Å². The van der Waals surface area contributed by atoms with Gasteiger partial charge in [-0.15, -0.1) is 0 Å². The highest BCUT2D eigenvalue weighted by Crippen LogP contribution is 2.39. The molecule has 0 saturated carbocycles. The predicted octanol–water partition coefficient (Wildman–Crippen LogP) is 7.75. The topological polar surface area (TPSA) is 51.1 Å². The summed E-state index contributed by atoms with van der Waals surface area (Å²) in [4.78, 5) is 20.6. The molecule has 1 amide bonds. The quantitative estimate of drug-likeness (QED) is 0.262. The first-order valence-corrected chi connectivity index (χ1v) is 13.4. The Hall–Kier alpha value is -3.03.